The SMILES string of the molecule is CCCn1ncc(Br)c1C(N)C1CSc2ccccc2O1. The summed E-state index contributed by atoms with van der Waals surface area (Å²) >= 11 is 5.36. The molecule has 1 aliphatic heterocycles. The van der Waals surface area contributed by atoms with Crippen LogP contribution in [0.1, 0.15) is 25.1 Å². The van der Waals surface area contributed by atoms with Crippen molar-refractivity contribution in [3.8, 4) is 5.75 Å². The molecule has 2 heterocycles. The Balaban J connectivity index is 1.84. The number of aromatic nitrogens is 2. The van der Waals surface area contributed by atoms with Gasteiger partial charge in [0.25, 0.3) is 0 Å². The molecule has 1 aliphatic rings. The largest absolute Gasteiger partial charge is 0.486 e. The van der Waals surface area contributed by atoms with Crippen LogP contribution < -0.4 is 10.5 Å². The molecule has 0 aliphatic carbocycles. The van der Waals surface area contributed by atoms with Crippen LogP contribution in [0.3, 0.4) is 0 Å². The highest BCUT2D eigenvalue weighted by atomic mass is 79.9. The van der Waals surface area contributed by atoms with Gasteiger partial charge in [-0.3, -0.25) is 4.68 Å². The fourth-order valence-electron chi connectivity index (χ4n) is 2.48. The Kier molecular flexibility index (Phi) is 4.57. The van der Waals surface area contributed by atoms with Gasteiger partial charge in [0.2, 0.25) is 0 Å². The Bertz CT molecular complexity index is 631. The van der Waals surface area contributed by atoms with Gasteiger partial charge < -0.3 is 10.5 Å². The lowest BCUT2D eigenvalue weighted by Crippen LogP contribution is -2.37. The fraction of sp³-hybridized carbons (Fsp3) is 0.400. The Hall–Kier alpha value is -0.980. The van der Waals surface area contributed by atoms with Gasteiger partial charge in [-0.15, -0.1) is 11.8 Å². The second-order valence-electron chi connectivity index (χ2n) is 5.04. The first-order chi connectivity index (χ1) is 10.2. The first kappa shape index (κ1) is 14.9. The Morgan fingerprint density at radius 2 is 2.33 bits per heavy atom. The number of nitrogens with two attached hydrogens (primary N) is 1. The topological polar surface area (TPSA) is 53.1 Å². The number of rotatable bonds is 4. The van der Waals surface area contributed by atoms with Gasteiger partial charge in [-0.1, -0.05) is 19.1 Å². The molecule has 0 radical (unpaired) electrons. The Labute approximate surface area is 137 Å². The standard InChI is InChI=1S/C15H18BrN3OS/c1-2-7-19-15(10(16)8-18-19)14(17)12-9-21-13-6-4-3-5-11(13)20-12/h3-6,8,12,14H,2,7,9,17H2,1H3. The van der Waals surface area contributed by atoms with E-state index in [0.717, 1.165) is 34.6 Å². The van der Waals surface area contributed by atoms with E-state index in [1.807, 2.05) is 29.1 Å². The molecule has 6 heteroatoms. The minimum atomic E-state index is -0.200. The van der Waals surface area contributed by atoms with Crippen LogP contribution in [-0.2, 0) is 6.54 Å². The highest BCUT2D eigenvalue weighted by Gasteiger charge is 2.30. The summed E-state index contributed by atoms with van der Waals surface area (Å²) in [5, 5.41) is 4.39. The minimum absolute atomic E-state index is 0.0477. The molecule has 2 unspecified atom stereocenters. The molecule has 0 amide bonds. The molecule has 2 N–H and O–H groups in total. The first-order valence-electron chi connectivity index (χ1n) is 7.06. The zero-order valence-electron chi connectivity index (χ0n) is 11.8. The molecule has 0 spiro atoms. The summed E-state index contributed by atoms with van der Waals surface area (Å²) < 4.78 is 9.03. The van der Waals surface area contributed by atoms with Crippen molar-refractivity contribution in [2.75, 3.05) is 5.75 Å². The summed E-state index contributed by atoms with van der Waals surface area (Å²) in [4.78, 5) is 1.18. The molecule has 3 rings (SSSR count). The summed E-state index contributed by atoms with van der Waals surface area (Å²) in [7, 11) is 0. The maximum Gasteiger partial charge on any atom is 0.133 e. The van der Waals surface area contributed by atoms with E-state index in [1.165, 1.54) is 4.90 Å². The van der Waals surface area contributed by atoms with Crippen molar-refractivity contribution in [2.45, 2.75) is 36.9 Å². The second-order valence-corrected chi connectivity index (χ2v) is 6.96. The fourth-order valence-corrected chi connectivity index (χ4v) is 4.10. The molecule has 1 aromatic heterocycles. The number of hydrogen-bond acceptors (Lipinski definition) is 4. The maximum absolute atomic E-state index is 6.47. The molecule has 21 heavy (non-hydrogen) atoms. The predicted octanol–water partition coefficient (Wildman–Crippen LogP) is 3.61. The first-order valence-corrected chi connectivity index (χ1v) is 8.83. The minimum Gasteiger partial charge on any atom is -0.486 e. The van der Waals surface area contributed by atoms with E-state index in [9.17, 15) is 0 Å². The van der Waals surface area contributed by atoms with Crippen LogP contribution in [0.5, 0.6) is 5.75 Å². The van der Waals surface area contributed by atoms with Crippen molar-refractivity contribution in [3.05, 3.63) is 40.6 Å². The van der Waals surface area contributed by atoms with E-state index in [1.54, 1.807) is 11.8 Å². The molecule has 112 valence electrons. The predicted molar refractivity (Wildman–Crippen MR) is 88.7 cm³/mol. The third-order valence-electron chi connectivity index (χ3n) is 3.52. The lowest BCUT2D eigenvalue weighted by molar-refractivity contribution is 0.180. The zero-order chi connectivity index (χ0) is 14.8. The highest BCUT2D eigenvalue weighted by Crippen LogP contribution is 2.38. The van der Waals surface area contributed by atoms with Crippen molar-refractivity contribution in [1.82, 2.24) is 9.78 Å². The summed E-state index contributed by atoms with van der Waals surface area (Å²) in [6, 6.07) is 7.90. The lowest BCUT2D eigenvalue weighted by atomic mass is 10.1. The summed E-state index contributed by atoms with van der Waals surface area (Å²) in [5.41, 5.74) is 7.49. The lowest BCUT2D eigenvalue weighted by Gasteiger charge is -2.30. The number of para-hydroxylation sites is 1. The van der Waals surface area contributed by atoms with Crippen molar-refractivity contribution < 1.29 is 4.74 Å². The van der Waals surface area contributed by atoms with Crippen molar-refractivity contribution in [1.29, 1.82) is 0 Å². The van der Waals surface area contributed by atoms with Crippen LogP contribution >= 0.6 is 27.7 Å². The van der Waals surface area contributed by atoms with E-state index in [-0.39, 0.29) is 12.1 Å². The molecule has 0 saturated heterocycles. The molecular formula is C15H18BrN3OS. The molecule has 4 nitrogen and oxygen atoms in total. The summed E-state index contributed by atoms with van der Waals surface area (Å²) in [6.45, 7) is 3.00. The van der Waals surface area contributed by atoms with E-state index in [2.05, 4.69) is 34.0 Å². The normalized spacial score (nSPS) is 18.9. The molecule has 0 saturated carbocycles. The molecular weight excluding hydrogens is 350 g/mol. The number of fused-ring (bicyclic) bond motifs is 1. The second kappa shape index (κ2) is 6.42. The van der Waals surface area contributed by atoms with Crippen LogP contribution in [0, 0.1) is 0 Å². The van der Waals surface area contributed by atoms with Crippen LogP contribution in [-0.4, -0.2) is 21.6 Å². The van der Waals surface area contributed by atoms with E-state index >= 15 is 0 Å². The zero-order valence-corrected chi connectivity index (χ0v) is 14.2. The monoisotopic (exact) mass is 367 g/mol. The van der Waals surface area contributed by atoms with Gasteiger partial charge in [0.1, 0.15) is 11.9 Å². The van der Waals surface area contributed by atoms with E-state index < -0.39 is 0 Å². The molecule has 1 aromatic carbocycles. The van der Waals surface area contributed by atoms with Gasteiger partial charge in [-0.25, -0.2) is 0 Å². The maximum atomic E-state index is 6.47. The molecule has 0 fully saturated rings. The van der Waals surface area contributed by atoms with Gasteiger partial charge in [-0.05, 0) is 34.5 Å². The Morgan fingerprint density at radius 3 is 3.14 bits per heavy atom. The number of halogens is 1. The molecule has 2 atom stereocenters. The van der Waals surface area contributed by atoms with Gasteiger partial charge in [0.15, 0.2) is 0 Å². The number of nitrogens with zero attached hydrogens (tertiary/aromatic N) is 2. The highest BCUT2D eigenvalue weighted by molar-refractivity contribution is 9.10. The van der Waals surface area contributed by atoms with Crippen molar-refractivity contribution in [2.24, 2.45) is 5.73 Å². The van der Waals surface area contributed by atoms with Crippen molar-refractivity contribution in [3.63, 3.8) is 0 Å². The van der Waals surface area contributed by atoms with Crippen molar-refractivity contribution >= 4 is 27.7 Å². The van der Waals surface area contributed by atoms with Gasteiger partial charge >= 0.3 is 0 Å². The number of aryl methyl sites for hydroxylation is 1. The van der Waals surface area contributed by atoms with Crippen LogP contribution in [0.15, 0.2) is 39.8 Å². The number of benzene rings is 1. The summed E-state index contributed by atoms with van der Waals surface area (Å²) in [5.74, 6) is 1.77. The van der Waals surface area contributed by atoms with Gasteiger partial charge in [0, 0.05) is 17.2 Å². The average molecular weight is 368 g/mol. The van der Waals surface area contributed by atoms with Crippen LogP contribution in [0.4, 0.5) is 0 Å². The number of hydrogen-bond donors (Lipinski definition) is 1. The van der Waals surface area contributed by atoms with E-state index in [4.69, 9.17) is 10.5 Å². The summed E-state index contributed by atoms with van der Waals surface area (Å²) in [6.07, 6.45) is 2.79. The molecule has 2 aromatic rings. The van der Waals surface area contributed by atoms with Gasteiger partial charge in [0.05, 0.1) is 22.4 Å². The molecule has 0 bridgehead atoms. The van der Waals surface area contributed by atoms with Crippen LogP contribution in [0.2, 0.25) is 0 Å². The van der Waals surface area contributed by atoms with E-state index in [0.29, 0.717) is 0 Å². The third kappa shape index (κ3) is 2.98. The quantitative estimate of drug-likeness (QED) is 0.896. The van der Waals surface area contributed by atoms with Crippen LogP contribution in [0.25, 0.3) is 0 Å². The smallest absolute Gasteiger partial charge is 0.133 e. The average Bonchev–Trinajstić information content (AvgIpc) is 2.87. The Morgan fingerprint density at radius 1 is 1.52 bits per heavy atom. The third-order valence-corrected chi connectivity index (χ3v) is 5.27. The number of ether oxygens (including phenoxy) is 1. The van der Waals surface area contributed by atoms with Gasteiger partial charge in [-0.2, -0.15) is 5.10 Å². The number of thioether (sulfide) groups is 1.